The Bertz CT molecular complexity index is 456. The van der Waals surface area contributed by atoms with Gasteiger partial charge in [0.1, 0.15) is 0 Å². The highest BCUT2D eigenvalue weighted by Gasteiger charge is 2.27. The van der Waals surface area contributed by atoms with Gasteiger partial charge in [-0.2, -0.15) is 0 Å². The van der Waals surface area contributed by atoms with Crippen LogP contribution in [0, 0.1) is 16.0 Å². The van der Waals surface area contributed by atoms with E-state index in [1.807, 2.05) is 20.8 Å². The molecule has 1 atom stereocenters. The monoisotopic (exact) mass is 237 g/mol. The van der Waals surface area contributed by atoms with Crippen molar-refractivity contribution >= 4 is 5.69 Å². The van der Waals surface area contributed by atoms with Gasteiger partial charge in [-0.25, -0.2) is 0 Å². The molecule has 0 aliphatic carbocycles. The third-order valence-electron chi connectivity index (χ3n) is 3.21. The Morgan fingerprint density at radius 1 is 1.24 bits per heavy atom. The second kappa shape index (κ2) is 4.24. The molecule has 1 aliphatic rings. The van der Waals surface area contributed by atoms with Gasteiger partial charge in [-0.1, -0.05) is 20.8 Å². The van der Waals surface area contributed by atoms with Crippen molar-refractivity contribution in [3.63, 3.8) is 0 Å². The second-order valence-electron chi connectivity index (χ2n) is 4.55. The van der Waals surface area contributed by atoms with Gasteiger partial charge in [0.15, 0.2) is 11.5 Å². The summed E-state index contributed by atoms with van der Waals surface area (Å²) in [6.07, 6.45) is 0. The maximum Gasteiger partial charge on any atom is 0.276 e. The lowest BCUT2D eigenvalue weighted by Gasteiger charge is -2.16. The van der Waals surface area contributed by atoms with Crippen LogP contribution in [0.5, 0.6) is 11.5 Å². The Hall–Kier alpha value is -1.78. The van der Waals surface area contributed by atoms with Crippen LogP contribution in [0.15, 0.2) is 12.1 Å². The van der Waals surface area contributed by atoms with Gasteiger partial charge in [-0.3, -0.25) is 10.1 Å². The third kappa shape index (κ3) is 2.05. The molecule has 0 saturated carbocycles. The Balaban J connectivity index is 2.52. The van der Waals surface area contributed by atoms with E-state index in [4.69, 9.17) is 9.47 Å². The summed E-state index contributed by atoms with van der Waals surface area (Å²) in [5.41, 5.74) is 0.810. The van der Waals surface area contributed by atoms with Crippen molar-refractivity contribution in [2.45, 2.75) is 26.7 Å². The van der Waals surface area contributed by atoms with Gasteiger partial charge < -0.3 is 9.47 Å². The van der Waals surface area contributed by atoms with Crippen molar-refractivity contribution in [2.75, 3.05) is 6.79 Å². The first kappa shape index (κ1) is 11.7. The van der Waals surface area contributed by atoms with Crippen molar-refractivity contribution in [1.29, 1.82) is 0 Å². The zero-order valence-electron chi connectivity index (χ0n) is 10.1. The molecule has 0 fully saturated rings. The fraction of sp³-hybridized carbons (Fsp3) is 0.500. The minimum absolute atomic E-state index is 0.102. The molecule has 2 rings (SSSR count). The molecule has 0 aromatic heterocycles. The quantitative estimate of drug-likeness (QED) is 0.598. The molecule has 0 bridgehead atoms. The number of nitro groups is 1. The minimum atomic E-state index is -0.365. The highest BCUT2D eigenvalue weighted by Crippen LogP contribution is 2.42. The maximum absolute atomic E-state index is 11.1. The fourth-order valence-electron chi connectivity index (χ4n) is 1.83. The van der Waals surface area contributed by atoms with E-state index in [1.54, 1.807) is 6.07 Å². The van der Waals surface area contributed by atoms with Gasteiger partial charge in [0.2, 0.25) is 6.79 Å². The van der Waals surface area contributed by atoms with E-state index >= 15 is 0 Å². The molecule has 1 aliphatic heterocycles. The van der Waals surface area contributed by atoms with Crippen LogP contribution >= 0.6 is 0 Å². The van der Waals surface area contributed by atoms with Crippen molar-refractivity contribution in [3.05, 3.63) is 27.8 Å². The lowest BCUT2D eigenvalue weighted by atomic mass is 9.89. The Labute approximate surface area is 99.5 Å². The Morgan fingerprint density at radius 2 is 1.82 bits per heavy atom. The summed E-state index contributed by atoms with van der Waals surface area (Å²) < 4.78 is 10.4. The lowest BCUT2D eigenvalue weighted by Crippen LogP contribution is -2.05. The highest BCUT2D eigenvalue weighted by molar-refractivity contribution is 5.56. The first-order chi connectivity index (χ1) is 8.00. The van der Waals surface area contributed by atoms with Crippen LogP contribution in [0.2, 0.25) is 0 Å². The average Bonchev–Trinajstić information content (AvgIpc) is 2.72. The number of nitrogens with zero attached hydrogens (tertiary/aromatic N) is 1. The second-order valence-corrected chi connectivity index (χ2v) is 4.55. The molecule has 0 radical (unpaired) electrons. The average molecular weight is 237 g/mol. The van der Waals surface area contributed by atoms with Crippen LogP contribution in [0.25, 0.3) is 0 Å². The summed E-state index contributed by atoms with van der Waals surface area (Å²) >= 11 is 0. The fourth-order valence-corrected chi connectivity index (χ4v) is 1.83. The van der Waals surface area contributed by atoms with Crippen molar-refractivity contribution < 1.29 is 14.4 Å². The first-order valence-electron chi connectivity index (χ1n) is 5.58. The Kier molecular flexibility index (Phi) is 2.92. The summed E-state index contributed by atoms with van der Waals surface area (Å²) in [6, 6.07) is 3.18. The number of hydrogen-bond donors (Lipinski definition) is 0. The molecule has 5 heteroatoms. The smallest absolute Gasteiger partial charge is 0.276 e. The SMILES string of the molecule is CC(C)[C@@H](C)c1cc2c(cc1[N+](=O)[O-])OCO2. The van der Waals surface area contributed by atoms with E-state index < -0.39 is 0 Å². The minimum Gasteiger partial charge on any atom is -0.454 e. The van der Waals surface area contributed by atoms with Gasteiger partial charge in [0.05, 0.1) is 11.0 Å². The number of nitro benzene ring substituents is 1. The van der Waals surface area contributed by atoms with Gasteiger partial charge in [0, 0.05) is 5.56 Å². The largest absolute Gasteiger partial charge is 0.454 e. The molecule has 17 heavy (non-hydrogen) atoms. The standard InChI is InChI=1S/C12H15NO4/c1-7(2)8(3)9-4-11-12(17-6-16-11)5-10(9)13(14)15/h4-5,7-8H,6H2,1-3H3/t8-/m1/s1. The predicted molar refractivity (Wildman–Crippen MR) is 62.5 cm³/mol. The van der Waals surface area contributed by atoms with E-state index in [9.17, 15) is 10.1 Å². The third-order valence-corrected chi connectivity index (χ3v) is 3.21. The number of ether oxygens (including phenoxy) is 2. The van der Waals surface area contributed by atoms with E-state index in [1.165, 1.54) is 6.07 Å². The molecule has 0 N–H and O–H groups in total. The molecule has 0 saturated heterocycles. The number of hydrogen-bond acceptors (Lipinski definition) is 4. The van der Waals surface area contributed by atoms with Crippen LogP contribution in [-0.2, 0) is 0 Å². The summed E-state index contributed by atoms with van der Waals surface area (Å²) in [5, 5.41) is 11.1. The first-order valence-corrected chi connectivity index (χ1v) is 5.58. The molecule has 5 nitrogen and oxygen atoms in total. The lowest BCUT2D eigenvalue weighted by molar-refractivity contribution is -0.385. The van der Waals surface area contributed by atoms with E-state index in [-0.39, 0.29) is 23.3 Å². The molecule has 0 spiro atoms. The van der Waals surface area contributed by atoms with Gasteiger partial charge in [0.25, 0.3) is 5.69 Å². The van der Waals surface area contributed by atoms with Crippen molar-refractivity contribution in [1.82, 2.24) is 0 Å². The van der Waals surface area contributed by atoms with Crippen molar-refractivity contribution in [3.8, 4) is 11.5 Å². The molecule has 0 amide bonds. The molecular formula is C12H15NO4. The molecule has 1 aromatic carbocycles. The Morgan fingerprint density at radius 3 is 2.35 bits per heavy atom. The molecular weight excluding hydrogens is 222 g/mol. The molecule has 1 aromatic rings. The number of benzene rings is 1. The molecule has 92 valence electrons. The van der Waals surface area contributed by atoms with Gasteiger partial charge in [-0.05, 0) is 17.9 Å². The normalized spacial score (nSPS) is 15.1. The van der Waals surface area contributed by atoms with Gasteiger partial charge in [-0.15, -0.1) is 0 Å². The summed E-state index contributed by atoms with van der Waals surface area (Å²) in [7, 11) is 0. The van der Waals surface area contributed by atoms with E-state index in [2.05, 4.69) is 0 Å². The number of fused-ring (bicyclic) bond motifs is 1. The zero-order valence-corrected chi connectivity index (χ0v) is 10.1. The molecule has 0 unspecified atom stereocenters. The number of rotatable bonds is 3. The van der Waals surface area contributed by atoms with E-state index in [0.717, 1.165) is 0 Å². The summed E-state index contributed by atoms with van der Waals surface area (Å²) in [5.74, 6) is 1.48. The predicted octanol–water partition coefficient (Wildman–Crippen LogP) is 3.08. The summed E-state index contributed by atoms with van der Waals surface area (Å²) in [4.78, 5) is 10.7. The van der Waals surface area contributed by atoms with Gasteiger partial charge >= 0.3 is 0 Å². The topological polar surface area (TPSA) is 61.6 Å². The van der Waals surface area contributed by atoms with Crippen LogP contribution in [0.3, 0.4) is 0 Å². The van der Waals surface area contributed by atoms with Crippen molar-refractivity contribution in [2.24, 2.45) is 5.92 Å². The van der Waals surface area contributed by atoms with E-state index in [0.29, 0.717) is 23.0 Å². The maximum atomic E-state index is 11.1. The molecule has 1 heterocycles. The zero-order chi connectivity index (χ0) is 12.6. The van der Waals surface area contributed by atoms with Crippen LogP contribution in [0.1, 0.15) is 32.3 Å². The van der Waals surface area contributed by atoms with Crippen LogP contribution in [0.4, 0.5) is 5.69 Å². The van der Waals surface area contributed by atoms with Crippen LogP contribution < -0.4 is 9.47 Å². The summed E-state index contributed by atoms with van der Waals surface area (Å²) in [6.45, 7) is 6.19. The highest BCUT2D eigenvalue weighted by atomic mass is 16.7. The van der Waals surface area contributed by atoms with Crippen LogP contribution in [-0.4, -0.2) is 11.7 Å².